The van der Waals surface area contributed by atoms with E-state index in [1.54, 1.807) is 7.11 Å². The van der Waals surface area contributed by atoms with Gasteiger partial charge in [0.25, 0.3) is 0 Å². The Morgan fingerprint density at radius 1 is 1.48 bits per heavy atom. The molecule has 1 aromatic rings. The van der Waals surface area contributed by atoms with Gasteiger partial charge >= 0.3 is 0 Å². The molecule has 0 radical (unpaired) electrons. The van der Waals surface area contributed by atoms with E-state index in [1.165, 1.54) is 12.1 Å². The Balaban J connectivity index is 2.40. The maximum atomic E-state index is 13.5. The molecule has 21 heavy (non-hydrogen) atoms. The number of piperazine rings is 1. The van der Waals surface area contributed by atoms with Gasteiger partial charge in [-0.25, -0.2) is 4.39 Å². The van der Waals surface area contributed by atoms with Crippen LogP contribution in [0.15, 0.2) is 18.2 Å². The normalized spacial score (nSPS) is 26.2. The summed E-state index contributed by atoms with van der Waals surface area (Å²) in [5, 5.41) is 3.67. The first-order valence-corrected chi connectivity index (χ1v) is 7.75. The Hall–Kier alpha value is -1.29. The van der Waals surface area contributed by atoms with Crippen molar-refractivity contribution < 1.29 is 9.13 Å². The van der Waals surface area contributed by atoms with Gasteiger partial charge in [0.05, 0.1) is 12.8 Å². The Bertz CT molecular complexity index is 492. The molecule has 1 saturated heterocycles. The van der Waals surface area contributed by atoms with Gasteiger partial charge in [-0.3, -0.25) is 0 Å². The van der Waals surface area contributed by atoms with Crippen molar-refractivity contribution >= 4 is 5.69 Å². The lowest BCUT2D eigenvalue weighted by Gasteiger charge is -2.49. The van der Waals surface area contributed by atoms with Crippen LogP contribution in [0.4, 0.5) is 10.1 Å². The standard InChI is InChI=1S/C17H27FN2O/c1-6-17(4)11-20(15(10-19-17)12(2)3)14-8-7-13(18)9-16(14)21-5/h7-9,12,15,19H,6,10-11H2,1-5H3. The van der Waals surface area contributed by atoms with E-state index in [2.05, 4.69) is 37.9 Å². The largest absolute Gasteiger partial charge is 0.494 e. The highest BCUT2D eigenvalue weighted by Crippen LogP contribution is 2.35. The molecule has 1 N–H and O–H groups in total. The molecule has 2 atom stereocenters. The van der Waals surface area contributed by atoms with Crippen LogP contribution in [-0.2, 0) is 0 Å². The lowest BCUT2D eigenvalue weighted by atomic mass is 9.89. The van der Waals surface area contributed by atoms with E-state index in [0.29, 0.717) is 17.7 Å². The van der Waals surface area contributed by atoms with Crippen LogP contribution < -0.4 is 15.0 Å². The van der Waals surface area contributed by atoms with Crippen molar-refractivity contribution in [3.63, 3.8) is 0 Å². The van der Waals surface area contributed by atoms with E-state index in [4.69, 9.17) is 4.74 Å². The van der Waals surface area contributed by atoms with Gasteiger partial charge in [0.15, 0.2) is 0 Å². The van der Waals surface area contributed by atoms with Crippen molar-refractivity contribution in [2.24, 2.45) is 5.92 Å². The van der Waals surface area contributed by atoms with Crippen molar-refractivity contribution in [1.29, 1.82) is 0 Å². The maximum Gasteiger partial charge on any atom is 0.145 e. The van der Waals surface area contributed by atoms with Crippen LogP contribution in [0.3, 0.4) is 0 Å². The molecule has 118 valence electrons. The summed E-state index contributed by atoms with van der Waals surface area (Å²) in [6.45, 7) is 10.7. The van der Waals surface area contributed by atoms with E-state index in [9.17, 15) is 4.39 Å². The highest BCUT2D eigenvalue weighted by atomic mass is 19.1. The number of nitrogens with zero attached hydrogens (tertiary/aromatic N) is 1. The minimum Gasteiger partial charge on any atom is -0.494 e. The lowest BCUT2D eigenvalue weighted by molar-refractivity contribution is 0.251. The van der Waals surface area contributed by atoms with Gasteiger partial charge < -0.3 is 15.0 Å². The zero-order valence-corrected chi connectivity index (χ0v) is 13.7. The number of hydrogen-bond donors (Lipinski definition) is 1. The van der Waals surface area contributed by atoms with Crippen LogP contribution >= 0.6 is 0 Å². The summed E-state index contributed by atoms with van der Waals surface area (Å²) >= 11 is 0. The Morgan fingerprint density at radius 2 is 2.19 bits per heavy atom. The number of anilines is 1. The molecule has 2 unspecified atom stereocenters. The van der Waals surface area contributed by atoms with Crippen LogP contribution in [0.25, 0.3) is 0 Å². The van der Waals surface area contributed by atoms with Gasteiger partial charge in [-0.05, 0) is 31.4 Å². The van der Waals surface area contributed by atoms with E-state index >= 15 is 0 Å². The number of ether oxygens (including phenoxy) is 1. The predicted octanol–water partition coefficient (Wildman–Crippen LogP) is 3.44. The van der Waals surface area contributed by atoms with E-state index in [-0.39, 0.29) is 11.4 Å². The SMILES string of the molecule is CCC1(C)CN(c2ccc(F)cc2OC)C(C(C)C)CN1. The molecule has 1 aromatic carbocycles. The van der Waals surface area contributed by atoms with Crippen molar-refractivity contribution in [2.75, 3.05) is 25.1 Å². The van der Waals surface area contributed by atoms with Crippen molar-refractivity contribution in [3.8, 4) is 5.75 Å². The molecular formula is C17H27FN2O. The summed E-state index contributed by atoms with van der Waals surface area (Å²) < 4.78 is 18.9. The molecule has 0 spiro atoms. The summed E-state index contributed by atoms with van der Waals surface area (Å²) in [6.07, 6.45) is 1.05. The van der Waals surface area contributed by atoms with Gasteiger partial charge in [-0.2, -0.15) is 0 Å². The summed E-state index contributed by atoms with van der Waals surface area (Å²) in [4.78, 5) is 2.38. The van der Waals surface area contributed by atoms with Crippen molar-refractivity contribution in [2.45, 2.75) is 45.7 Å². The third-order valence-corrected chi connectivity index (χ3v) is 4.66. The fourth-order valence-corrected chi connectivity index (χ4v) is 3.00. The number of benzene rings is 1. The number of nitrogens with one attached hydrogen (secondary N) is 1. The topological polar surface area (TPSA) is 24.5 Å². The summed E-state index contributed by atoms with van der Waals surface area (Å²) in [7, 11) is 1.60. The second-order valence-corrected chi connectivity index (χ2v) is 6.55. The second kappa shape index (κ2) is 6.22. The Labute approximate surface area is 127 Å². The number of hydrogen-bond acceptors (Lipinski definition) is 3. The smallest absolute Gasteiger partial charge is 0.145 e. The van der Waals surface area contributed by atoms with Gasteiger partial charge in [0.1, 0.15) is 11.6 Å². The van der Waals surface area contributed by atoms with Crippen LogP contribution in [0.5, 0.6) is 5.75 Å². The zero-order chi connectivity index (χ0) is 15.6. The average Bonchev–Trinajstić information content (AvgIpc) is 2.46. The first-order valence-electron chi connectivity index (χ1n) is 7.75. The van der Waals surface area contributed by atoms with E-state index < -0.39 is 0 Å². The van der Waals surface area contributed by atoms with Crippen LogP contribution in [0.1, 0.15) is 34.1 Å². The zero-order valence-electron chi connectivity index (χ0n) is 13.7. The quantitative estimate of drug-likeness (QED) is 0.920. The number of halogens is 1. The molecule has 0 aliphatic carbocycles. The minimum atomic E-state index is -0.259. The molecule has 1 fully saturated rings. The van der Waals surface area contributed by atoms with E-state index in [0.717, 1.165) is 25.2 Å². The molecule has 0 saturated carbocycles. The summed E-state index contributed by atoms with van der Waals surface area (Å²) in [5.41, 5.74) is 1.06. The fourth-order valence-electron chi connectivity index (χ4n) is 3.00. The van der Waals surface area contributed by atoms with Gasteiger partial charge in [0.2, 0.25) is 0 Å². The second-order valence-electron chi connectivity index (χ2n) is 6.55. The molecular weight excluding hydrogens is 267 g/mol. The highest BCUT2D eigenvalue weighted by molar-refractivity contribution is 5.60. The summed E-state index contributed by atoms with van der Waals surface area (Å²) in [5.74, 6) is 0.861. The van der Waals surface area contributed by atoms with Crippen LogP contribution in [-0.4, -0.2) is 31.8 Å². The molecule has 0 amide bonds. The molecule has 4 heteroatoms. The number of methoxy groups -OCH3 is 1. The first kappa shape index (κ1) is 16.1. The Kier molecular flexibility index (Phi) is 4.77. The molecule has 2 rings (SSSR count). The monoisotopic (exact) mass is 294 g/mol. The fraction of sp³-hybridized carbons (Fsp3) is 0.647. The van der Waals surface area contributed by atoms with Crippen LogP contribution in [0, 0.1) is 11.7 Å². The maximum absolute atomic E-state index is 13.5. The predicted molar refractivity (Wildman–Crippen MR) is 85.6 cm³/mol. The van der Waals surface area contributed by atoms with E-state index in [1.807, 2.05) is 6.07 Å². The molecule has 1 aliphatic heterocycles. The molecule has 0 aromatic heterocycles. The van der Waals surface area contributed by atoms with Crippen molar-refractivity contribution in [3.05, 3.63) is 24.0 Å². The summed E-state index contributed by atoms with van der Waals surface area (Å²) in [6, 6.07) is 5.20. The first-order chi connectivity index (χ1) is 9.90. The number of rotatable bonds is 4. The van der Waals surface area contributed by atoms with Gasteiger partial charge in [-0.15, -0.1) is 0 Å². The average molecular weight is 294 g/mol. The van der Waals surface area contributed by atoms with Gasteiger partial charge in [0, 0.05) is 30.7 Å². The van der Waals surface area contributed by atoms with Crippen molar-refractivity contribution in [1.82, 2.24) is 5.32 Å². The molecule has 1 heterocycles. The molecule has 0 bridgehead atoms. The molecule has 3 nitrogen and oxygen atoms in total. The minimum absolute atomic E-state index is 0.0742. The third kappa shape index (κ3) is 3.31. The third-order valence-electron chi connectivity index (χ3n) is 4.66. The highest BCUT2D eigenvalue weighted by Gasteiger charge is 2.36. The van der Waals surface area contributed by atoms with Crippen LogP contribution in [0.2, 0.25) is 0 Å². The Morgan fingerprint density at radius 3 is 2.76 bits per heavy atom. The van der Waals surface area contributed by atoms with Gasteiger partial charge in [-0.1, -0.05) is 20.8 Å². The lowest BCUT2D eigenvalue weighted by Crippen LogP contribution is -2.64. The molecule has 1 aliphatic rings.